The van der Waals surface area contributed by atoms with E-state index in [1.165, 1.54) is 6.07 Å². The molecule has 1 fully saturated rings. The highest BCUT2D eigenvalue weighted by atomic mass is 19.3. The summed E-state index contributed by atoms with van der Waals surface area (Å²) in [4.78, 5) is 11.9. The molecule has 0 saturated carbocycles. The molecule has 1 unspecified atom stereocenters. The molecule has 2 rings (SSSR count). The number of rotatable bonds is 7. The molecule has 1 heterocycles. The minimum atomic E-state index is -2.90. The van der Waals surface area contributed by atoms with Crippen molar-refractivity contribution in [3.8, 4) is 11.5 Å². The van der Waals surface area contributed by atoms with Crippen LogP contribution in [0.4, 0.5) is 8.78 Å². The van der Waals surface area contributed by atoms with Crippen LogP contribution in [0, 0.1) is 0 Å². The van der Waals surface area contributed by atoms with Crippen LogP contribution in [-0.2, 0) is 11.3 Å². The minimum absolute atomic E-state index is 0.00983. The molecular weight excluding hydrogens is 294 g/mol. The Kier molecular flexibility index (Phi) is 5.94. The van der Waals surface area contributed by atoms with Gasteiger partial charge >= 0.3 is 6.61 Å². The second kappa shape index (κ2) is 7.93. The number of halogens is 2. The number of hydrogen-bond donors (Lipinski definition) is 2. The average molecular weight is 314 g/mol. The van der Waals surface area contributed by atoms with Gasteiger partial charge in [-0.25, -0.2) is 0 Å². The fraction of sp³-hybridized carbons (Fsp3) is 0.533. The summed E-state index contributed by atoms with van der Waals surface area (Å²) in [7, 11) is 0. The molecule has 1 atom stereocenters. The fourth-order valence-electron chi connectivity index (χ4n) is 2.34. The van der Waals surface area contributed by atoms with Crippen molar-refractivity contribution in [2.24, 2.45) is 0 Å². The van der Waals surface area contributed by atoms with Crippen molar-refractivity contribution in [1.29, 1.82) is 0 Å². The number of carbonyl (C=O) groups excluding carboxylic acids is 1. The first-order chi connectivity index (χ1) is 10.6. The van der Waals surface area contributed by atoms with Gasteiger partial charge in [-0.05, 0) is 44.0 Å². The lowest BCUT2D eigenvalue weighted by atomic mass is 10.1. The fourth-order valence-corrected chi connectivity index (χ4v) is 2.34. The molecule has 0 spiro atoms. The van der Waals surface area contributed by atoms with E-state index in [0.29, 0.717) is 13.2 Å². The third kappa shape index (κ3) is 4.56. The standard InChI is InChI=1S/C15H20F2N2O3/c1-2-21-13-8-10(5-6-12(13)22-15(16)17)9-19-14(20)11-4-3-7-18-11/h5-6,8,11,15,18H,2-4,7,9H2,1H3,(H,19,20). The minimum Gasteiger partial charge on any atom is -0.490 e. The lowest BCUT2D eigenvalue weighted by molar-refractivity contribution is -0.122. The maximum absolute atomic E-state index is 12.3. The highest BCUT2D eigenvalue weighted by Gasteiger charge is 2.21. The number of hydrogen-bond acceptors (Lipinski definition) is 4. The predicted molar refractivity (Wildman–Crippen MR) is 77.1 cm³/mol. The molecule has 7 heteroatoms. The molecule has 1 aromatic rings. The van der Waals surface area contributed by atoms with Gasteiger partial charge in [-0.15, -0.1) is 0 Å². The van der Waals surface area contributed by atoms with Gasteiger partial charge in [-0.3, -0.25) is 4.79 Å². The van der Waals surface area contributed by atoms with Crippen molar-refractivity contribution in [2.45, 2.75) is 39.0 Å². The monoisotopic (exact) mass is 314 g/mol. The molecule has 0 radical (unpaired) electrons. The van der Waals surface area contributed by atoms with E-state index in [4.69, 9.17) is 4.74 Å². The largest absolute Gasteiger partial charge is 0.490 e. The molecular formula is C15H20F2N2O3. The van der Waals surface area contributed by atoms with Crippen LogP contribution in [-0.4, -0.2) is 31.7 Å². The van der Waals surface area contributed by atoms with Gasteiger partial charge in [0.1, 0.15) is 0 Å². The quantitative estimate of drug-likeness (QED) is 0.809. The van der Waals surface area contributed by atoms with Crippen LogP contribution in [0.2, 0.25) is 0 Å². The molecule has 0 aromatic heterocycles. The molecule has 1 amide bonds. The Labute approximate surface area is 128 Å². The summed E-state index contributed by atoms with van der Waals surface area (Å²) < 4.78 is 34.4. The summed E-state index contributed by atoms with van der Waals surface area (Å²) in [5.41, 5.74) is 0.761. The maximum Gasteiger partial charge on any atom is 0.387 e. The number of alkyl halides is 2. The van der Waals surface area contributed by atoms with Gasteiger partial charge in [0.05, 0.1) is 12.6 Å². The lowest BCUT2D eigenvalue weighted by Crippen LogP contribution is -2.39. The molecule has 22 heavy (non-hydrogen) atoms. The number of nitrogens with one attached hydrogen (secondary N) is 2. The van der Waals surface area contributed by atoms with Crippen LogP contribution in [0.3, 0.4) is 0 Å². The van der Waals surface area contributed by atoms with Crippen molar-refractivity contribution >= 4 is 5.91 Å². The first-order valence-corrected chi connectivity index (χ1v) is 7.31. The Morgan fingerprint density at radius 1 is 1.45 bits per heavy atom. The lowest BCUT2D eigenvalue weighted by Gasteiger charge is -2.14. The van der Waals surface area contributed by atoms with Crippen LogP contribution in [0.25, 0.3) is 0 Å². The van der Waals surface area contributed by atoms with Crippen molar-refractivity contribution in [3.63, 3.8) is 0 Å². The van der Waals surface area contributed by atoms with E-state index in [0.717, 1.165) is 24.9 Å². The number of carbonyl (C=O) groups is 1. The Hall–Kier alpha value is -1.89. The molecule has 5 nitrogen and oxygen atoms in total. The van der Waals surface area contributed by atoms with E-state index in [1.54, 1.807) is 19.1 Å². The number of benzene rings is 1. The molecule has 0 aliphatic carbocycles. The van der Waals surface area contributed by atoms with E-state index in [-0.39, 0.29) is 23.4 Å². The van der Waals surface area contributed by atoms with E-state index in [2.05, 4.69) is 15.4 Å². The van der Waals surface area contributed by atoms with Crippen LogP contribution >= 0.6 is 0 Å². The van der Waals surface area contributed by atoms with Crippen molar-refractivity contribution in [2.75, 3.05) is 13.2 Å². The highest BCUT2D eigenvalue weighted by Crippen LogP contribution is 2.29. The van der Waals surface area contributed by atoms with E-state index in [9.17, 15) is 13.6 Å². The highest BCUT2D eigenvalue weighted by molar-refractivity contribution is 5.82. The van der Waals surface area contributed by atoms with Crippen molar-refractivity contribution < 1.29 is 23.0 Å². The SMILES string of the molecule is CCOc1cc(CNC(=O)C2CCCN2)ccc1OC(F)F. The van der Waals surface area contributed by atoms with Gasteiger partial charge < -0.3 is 20.1 Å². The molecule has 1 saturated heterocycles. The van der Waals surface area contributed by atoms with Crippen molar-refractivity contribution in [3.05, 3.63) is 23.8 Å². The van der Waals surface area contributed by atoms with Gasteiger partial charge in [-0.2, -0.15) is 8.78 Å². The first kappa shape index (κ1) is 16.5. The summed E-state index contributed by atoms with van der Waals surface area (Å²) in [5, 5.41) is 5.94. The zero-order valence-electron chi connectivity index (χ0n) is 12.4. The maximum atomic E-state index is 12.3. The second-order valence-corrected chi connectivity index (χ2v) is 4.96. The second-order valence-electron chi connectivity index (χ2n) is 4.96. The average Bonchev–Trinajstić information content (AvgIpc) is 3.01. The summed E-state index contributed by atoms with van der Waals surface area (Å²) in [5.74, 6) is 0.182. The summed E-state index contributed by atoms with van der Waals surface area (Å²) in [6, 6.07) is 4.51. The Bertz CT molecular complexity index is 506. The van der Waals surface area contributed by atoms with Crippen molar-refractivity contribution in [1.82, 2.24) is 10.6 Å². The summed E-state index contributed by atoms with van der Waals surface area (Å²) in [6.45, 7) is 0.352. The van der Waals surface area contributed by atoms with E-state index < -0.39 is 6.61 Å². The van der Waals surface area contributed by atoms with Crippen LogP contribution < -0.4 is 20.1 Å². The van der Waals surface area contributed by atoms with Gasteiger partial charge in [0, 0.05) is 6.54 Å². The number of amides is 1. The van der Waals surface area contributed by atoms with Gasteiger partial charge in [-0.1, -0.05) is 6.07 Å². The predicted octanol–water partition coefficient (Wildman–Crippen LogP) is 2.05. The van der Waals surface area contributed by atoms with E-state index >= 15 is 0 Å². The van der Waals surface area contributed by atoms with Crippen LogP contribution in [0.15, 0.2) is 18.2 Å². The topological polar surface area (TPSA) is 59.6 Å². The van der Waals surface area contributed by atoms with E-state index in [1.807, 2.05) is 0 Å². The van der Waals surface area contributed by atoms with Gasteiger partial charge in [0.15, 0.2) is 11.5 Å². The Morgan fingerprint density at radius 2 is 2.27 bits per heavy atom. The summed E-state index contributed by atoms with van der Waals surface area (Å²) >= 11 is 0. The zero-order chi connectivity index (χ0) is 15.9. The normalized spacial score (nSPS) is 17.5. The zero-order valence-corrected chi connectivity index (χ0v) is 12.4. The number of ether oxygens (including phenoxy) is 2. The van der Waals surface area contributed by atoms with Crippen LogP contribution in [0.5, 0.6) is 11.5 Å². The Morgan fingerprint density at radius 3 is 2.91 bits per heavy atom. The third-order valence-electron chi connectivity index (χ3n) is 3.37. The molecule has 1 aromatic carbocycles. The molecule has 2 N–H and O–H groups in total. The van der Waals surface area contributed by atoms with Crippen LogP contribution in [0.1, 0.15) is 25.3 Å². The Balaban J connectivity index is 1.98. The molecule has 1 aliphatic rings. The van der Waals surface area contributed by atoms with Gasteiger partial charge in [0.2, 0.25) is 5.91 Å². The molecule has 1 aliphatic heterocycles. The smallest absolute Gasteiger partial charge is 0.387 e. The van der Waals surface area contributed by atoms with Gasteiger partial charge in [0.25, 0.3) is 0 Å². The third-order valence-corrected chi connectivity index (χ3v) is 3.37. The molecule has 0 bridgehead atoms. The molecule has 122 valence electrons. The first-order valence-electron chi connectivity index (χ1n) is 7.31. The summed E-state index contributed by atoms with van der Waals surface area (Å²) in [6.07, 6.45) is 1.82.